The quantitative estimate of drug-likeness (QED) is 0.308. The van der Waals surface area contributed by atoms with E-state index < -0.39 is 0 Å². The van der Waals surface area contributed by atoms with Gasteiger partial charge in [0.1, 0.15) is 11.2 Å². The molecule has 6 rings (SSSR count). The number of hydrogen-bond acceptors (Lipinski definition) is 2. The molecule has 128 valence electrons. The van der Waals surface area contributed by atoms with Crippen LogP contribution in [-0.2, 0) is 0 Å². The molecule has 2 heteroatoms. The zero-order valence-electron chi connectivity index (χ0n) is 14.8. The van der Waals surface area contributed by atoms with Crippen molar-refractivity contribution in [2.45, 2.75) is 6.92 Å². The molecule has 2 aromatic heterocycles. The SMILES string of the molecule is Cc1ccc2oc3c(ccc4c5ccc(-c6ccccc6)cc5oc43)c2c1. The van der Waals surface area contributed by atoms with Crippen molar-refractivity contribution in [2.24, 2.45) is 0 Å². The fraction of sp³-hybridized carbons (Fsp3) is 0.0400. The summed E-state index contributed by atoms with van der Waals surface area (Å²) in [7, 11) is 0. The van der Waals surface area contributed by atoms with Gasteiger partial charge in [-0.05, 0) is 54.4 Å². The Kier molecular flexibility index (Phi) is 2.84. The van der Waals surface area contributed by atoms with Gasteiger partial charge in [-0.1, -0.05) is 48.0 Å². The predicted molar refractivity (Wildman–Crippen MR) is 111 cm³/mol. The second kappa shape index (κ2) is 5.24. The average Bonchev–Trinajstić information content (AvgIpc) is 3.26. The Labute approximate surface area is 155 Å². The zero-order valence-corrected chi connectivity index (χ0v) is 14.8. The summed E-state index contributed by atoms with van der Waals surface area (Å²) in [5, 5.41) is 4.44. The van der Waals surface area contributed by atoms with Gasteiger partial charge in [0, 0.05) is 21.5 Å². The molecule has 0 radical (unpaired) electrons. The molecule has 0 aliphatic carbocycles. The van der Waals surface area contributed by atoms with Crippen LogP contribution >= 0.6 is 0 Å². The zero-order chi connectivity index (χ0) is 18.0. The summed E-state index contributed by atoms with van der Waals surface area (Å²) in [6.07, 6.45) is 0. The fourth-order valence-electron chi connectivity index (χ4n) is 3.99. The van der Waals surface area contributed by atoms with Crippen molar-refractivity contribution in [3.05, 3.63) is 84.4 Å². The molecule has 0 atom stereocenters. The van der Waals surface area contributed by atoms with E-state index in [1.165, 1.54) is 11.1 Å². The van der Waals surface area contributed by atoms with Crippen LogP contribution in [0, 0.1) is 6.92 Å². The van der Waals surface area contributed by atoms with Gasteiger partial charge in [-0.15, -0.1) is 0 Å². The van der Waals surface area contributed by atoms with Crippen LogP contribution in [0.3, 0.4) is 0 Å². The minimum Gasteiger partial charge on any atom is -0.452 e. The van der Waals surface area contributed by atoms with Gasteiger partial charge in [0.2, 0.25) is 0 Å². The molecule has 0 saturated heterocycles. The summed E-state index contributed by atoms with van der Waals surface area (Å²) >= 11 is 0. The molecule has 4 aromatic carbocycles. The van der Waals surface area contributed by atoms with E-state index in [2.05, 4.69) is 73.7 Å². The monoisotopic (exact) mass is 348 g/mol. The number of hydrogen-bond donors (Lipinski definition) is 0. The van der Waals surface area contributed by atoms with Crippen molar-refractivity contribution < 1.29 is 8.83 Å². The molecule has 0 spiro atoms. The average molecular weight is 348 g/mol. The van der Waals surface area contributed by atoms with Gasteiger partial charge < -0.3 is 8.83 Å². The minimum atomic E-state index is 0.821. The molecule has 0 unspecified atom stereocenters. The third-order valence-electron chi connectivity index (χ3n) is 5.34. The van der Waals surface area contributed by atoms with E-state index >= 15 is 0 Å². The molecule has 2 heterocycles. The van der Waals surface area contributed by atoms with Gasteiger partial charge in [-0.3, -0.25) is 0 Å². The van der Waals surface area contributed by atoms with Gasteiger partial charge in [-0.25, -0.2) is 0 Å². The van der Waals surface area contributed by atoms with E-state index in [-0.39, 0.29) is 0 Å². The van der Waals surface area contributed by atoms with Crippen molar-refractivity contribution in [3.63, 3.8) is 0 Å². The second-order valence-electron chi connectivity index (χ2n) is 7.10. The molecule has 0 N–H and O–H groups in total. The first-order valence-electron chi connectivity index (χ1n) is 9.11. The number of benzene rings is 4. The van der Waals surface area contributed by atoms with Gasteiger partial charge in [-0.2, -0.15) is 0 Å². The third-order valence-corrected chi connectivity index (χ3v) is 5.34. The van der Waals surface area contributed by atoms with Crippen LogP contribution in [0.4, 0.5) is 0 Å². The first kappa shape index (κ1) is 14.6. The summed E-state index contributed by atoms with van der Waals surface area (Å²) in [5.41, 5.74) is 6.99. The standard InChI is InChI=1S/C25H16O2/c1-15-7-12-22-21(13-15)20-11-10-19-18-9-8-17(16-5-3-2-4-6-16)14-23(18)27-24(19)25(20)26-22/h2-14H,1H3. The van der Waals surface area contributed by atoms with Crippen LogP contribution in [0.2, 0.25) is 0 Å². The maximum Gasteiger partial charge on any atom is 0.178 e. The smallest absolute Gasteiger partial charge is 0.178 e. The largest absolute Gasteiger partial charge is 0.452 e. The van der Waals surface area contributed by atoms with E-state index in [0.717, 1.165) is 49.4 Å². The molecule has 0 aliphatic heterocycles. The maximum atomic E-state index is 6.29. The van der Waals surface area contributed by atoms with Crippen LogP contribution in [0.5, 0.6) is 0 Å². The molecule has 0 bridgehead atoms. The lowest BCUT2D eigenvalue weighted by Gasteiger charge is -2.00. The predicted octanol–water partition coefficient (Wildman–Crippen LogP) is 7.46. The molecular formula is C25H16O2. The Morgan fingerprint density at radius 2 is 1.22 bits per heavy atom. The van der Waals surface area contributed by atoms with Crippen LogP contribution in [0.25, 0.3) is 55.0 Å². The summed E-state index contributed by atoms with van der Waals surface area (Å²) in [4.78, 5) is 0. The summed E-state index contributed by atoms with van der Waals surface area (Å²) < 4.78 is 12.5. The summed E-state index contributed by atoms with van der Waals surface area (Å²) in [5.74, 6) is 0. The molecule has 0 saturated carbocycles. The van der Waals surface area contributed by atoms with Crippen LogP contribution in [0.1, 0.15) is 5.56 Å². The highest BCUT2D eigenvalue weighted by molar-refractivity contribution is 6.19. The van der Waals surface area contributed by atoms with E-state index in [1.54, 1.807) is 0 Å². The number of furan rings is 2. The third kappa shape index (κ3) is 2.07. The summed E-state index contributed by atoms with van der Waals surface area (Å²) in [6, 6.07) is 27.3. The highest BCUT2D eigenvalue weighted by Gasteiger charge is 2.16. The first-order valence-corrected chi connectivity index (χ1v) is 9.11. The lowest BCUT2D eigenvalue weighted by atomic mass is 10.0. The lowest BCUT2D eigenvalue weighted by Crippen LogP contribution is -1.76. The first-order chi connectivity index (χ1) is 13.3. The van der Waals surface area contributed by atoms with E-state index in [1.807, 2.05) is 12.1 Å². The van der Waals surface area contributed by atoms with Crippen LogP contribution in [0.15, 0.2) is 87.7 Å². The Balaban J connectivity index is 1.68. The van der Waals surface area contributed by atoms with Gasteiger partial charge in [0.15, 0.2) is 11.2 Å². The Morgan fingerprint density at radius 3 is 2.04 bits per heavy atom. The fourth-order valence-corrected chi connectivity index (χ4v) is 3.99. The normalized spacial score (nSPS) is 11.9. The van der Waals surface area contributed by atoms with Gasteiger partial charge in [0.25, 0.3) is 0 Å². The molecule has 0 fully saturated rings. The van der Waals surface area contributed by atoms with E-state index in [0.29, 0.717) is 0 Å². The highest BCUT2D eigenvalue weighted by atomic mass is 16.4. The Hall–Kier alpha value is -3.52. The van der Waals surface area contributed by atoms with E-state index in [9.17, 15) is 0 Å². The van der Waals surface area contributed by atoms with Crippen molar-refractivity contribution in [3.8, 4) is 11.1 Å². The number of fused-ring (bicyclic) bond motifs is 7. The summed E-state index contributed by atoms with van der Waals surface area (Å²) in [6.45, 7) is 2.10. The molecule has 2 nitrogen and oxygen atoms in total. The van der Waals surface area contributed by atoms with Crippen molar-refractivity contribution in [1.82, 2.24) is 0 Å². The molecular weight excluding hydrogens is 332 g/mol. The van der Waals surface area contributed by atoms with E-state index in [4.69, 9.17) is 8.83 Å². The number of rotatable bonds is 1. The van der Waals surface area contributed by atoms with Crippen molar-refractivity contribution >= 4 is 43.9 Å². The lowest BCUT2D eigenvalue weighted by molar-refractivity contribution is 0.633. The number of aryl methyl sites for hydroxylation is 1. The van der Waals surface area contributed by atoms with Crippen LogP contribution < -0.4 is 0 Å². The molecule has 6 aromatic rings. The Bertz CT molecular complexity index is 1470. The topological polar surface area (TPSA) is 26.3 Å². The minimum absolute atomic E-state index is 0.821. The second-order valence-corrected chi connectivity index (χ2v) is 7.10. The molecule has 0 aliphatic rings. The van der Waals surface area contributed by atoms with Gasteiger partial charge in [0.05, 0.1) is 0 Å². The Morgan fingerprint density at radius 1 is 0.519 bits per heavy atom. The van der Waals surface area contributed by atoms with Crippen LogP contribution in [-0.4, -0.2) is 0 Å². The van der Waals surface area contributed by atoms with Gasteiger partial charge >= 0.3 is 0 Å². The van der Waals surface area contributed by atoms with Crippen molar-refractivity contribution in [1.29, 1.82) is 0 Å². The van der Waals surface area contributed by atoms with Crippen molar-refractivity contribution in [2.75, 3.05) is 0 Å². The molecule has 27 heavy (non-hydrogen) atoms. The molecule has 0 amide bonds. The maximum absolute atomic E-state index is 6.29. The highest BCUT2D eigenvalue weighted by Crippen LogP contribution is 2.39.